The van der Waals surface area contributed by atoms with Crippen LogP contribution in [0, 0.1) is 5.82 Å². The Morgan fingerprint density at radius 2 is 2.03 bits per heavy atom. The van der Waals surface area contributed by atoms with Gasteiger partial charge in [-0.3, -0.25) is 0 Å². The first kappa shape index (κ1) is 23.2. The Balaban J connectivity index is 1.59. The molecule has 2 aliphatic heterocycles. The van der Waals surface area contributed by atoms with Crippen molar-refractivity contribution in [1.29, 1.82) is 0 Å². The summed E-state index contributed by atoms with van der Waals surface area (Å²) in [5, 5.41) is 8.71. The number of sulfone groups is 1. The molecule has 0 aliphatic carbocycles. The average molecular weight is 507 g/mol. The van der Waals surface area contributed by atoms with E-state index in [1.54, 1.807) is 12.1 Å². The van der Waals surface area contributed by atoms with Gasteiger partial charge >= 0.3 is 0 Å². The third-order valence-corrected chi connectivity index (χ3v) is 8.34. The first-order valence-electron chi connectivity index (χ1n) is 10.9. The van der Waals surface area contributed by atoms with Crippen molar-refractivity contribution in [3.63, 3.8) is 0 Å². The lowest BCUT2D eigenvalue weighted by atomic mass is 10.0. The third kappa shape index (κ3) is 4.31. The molecule has 0 amide bonds. The van der Waals surface area contributed by atoms with E-state index in [9.17, 15) is 8.42 Å². The second kappa shape index (κ2) is 8.60. The van der Waals surface area contributed by atoms with Crippen molar-refractivity contribution < 1.29 is 22.0 Å². The Labute approximate surface area is 201 Å². The second-order valence-corrected chi connectivity index (χ2v) is 11.4. The number of hydrogen-bond donors (Lipinski definition) is 1. The lowest BCUT2D eigenvalue weighted by molar-refractivity contribution is -0.00504. The molecule has 34 heavy (non-hydrogen) atoms. The van der Waals surface area contributed by atoms with Crippen LogP contribution >= 0.6 is 11.6 Å². The van der Waals surface area contributed by atoms with Gasteiger partial charge in [0.25, 0.3) is 5.89 Å². The molecular formula is C23H24ClFN4O4S. The molecule has 1 fully saturated rings. The number of benzene rings is 2. The molecule has 1 aromatic heterocycles. The zero-order chi connectivity index (χ0) is 24.1. The van der Waals surface area contributed by atoms with Gasteiger partial charge in [0.15, 0.2) is 9.84 Å². The van der Waals surface area contributed by atoms with Crippen molar-refractivity contribution in [2.45, 2.75) is 42.8 Å². The van der Waals surface area contributed by atoms with Crippen LogP contribution in [0.2, 0.25) is 5.02 Å². The molecule has 0 bridgehead atoms. The van der Waals surface area contributed by atoms with Crippen LogP contribution in [0.1, 0.15) is 31.2 Å². The maximum Gasteiger partial charge on any atom is 0.250 e. The molecule has 2 aliphatic rings. The highest BCUT2D eigenvalue weighted by molar-refractivity contribution is 7.91. The highest BCUT2D eigenvalue weighted by Crippen LogP contribution is 2.39. The van der Waals surface area contributed by atoms with Gasteiger partial charge in [-0.05, 0) is 49.6 Å². The van der Waals surface area contributed by atoms with Gasteiger partial charge in [-0.25, -0.2) is 12.8 Å². The Hall–Kier alpha value is -2.53. The summed E-state index contributed by atoms with van der Waals surface area (Å²) in [5.74, 6) is -0.820. The largest absolute Gasteiger partial charge is 0.417 e. The van der Waals surface area contributed by atoms with Gasteiger partial charge < -0.3 is 19.8 Å². The van der Waals surface area contributed by atoms with Crippen LogP contribution in [-0.2, 0) is 26.7 Å². The second-order valence-electron chi connectivity index (χ2n) is 8.94. The smallest absolute Gasteiger partial charge is 0.250 e. The van der Waals surface area contributed by atoms with Crippen LogP contribution < -0.4 is 10.6 Å². The van der Waals surface area contributed by atoms with E-state index in [1.165, 1.54) is 6.07 Å². The van der Waals surface area contributed by atoms with E-state index in [2.05, 4.69) is 10.2 Å². The quantitative estimate of drug-likeness (QED) is 0.570. The zero-order valence-corrected chi connectivity index (χ0v) is 20.1. The van der Waals surface area contributed by atoms with Crippen LogP contribution in [0.25, 0.3) is 11.5 Å². The summed E-state index contributed by atoms with van der Waals surface area (Å²) in [6.07, 6.45) is 1.57. The number of halogens is 2. The van der Waals surface area contributed by atoms with E-state index in [0.717, 1.165) is 18.1 Å². The van der Waals surface area contributed by atoms with Crippen molar-refractivity contribution in [3.8, 4) is 11.5 Å². The lowest BCUT2D eigenvalue weighted by Crippen LogP contribution is -2.39. The summed E-state index contributed by atoms with van der Waals surface area (Å²) in [6, 6.07) is 9.04. The maximum atomic E-state index is 15.2. The number of nitrogens with zero attached hydrogens (tertiary/aromatic N) is 3. The van der Waals surface area contributed by atoms with Crippen LogP contribution in [0.5, 0.6) is 0 Å². The summed E-state index contributed by atoms with van der Waals surface area (Å²) >= 11 is 6.00. The average Bonchev–Trinajstić information content (AvgIpc) is 3.43. The molecule has 3 aromatic rings. The van der Waals surface area contributed by atoms with Crippen molar-refractivity contribution in [3.05, 3.63) is 58.7 Å². The first-order chi connectivity index (χ1) is 16.1. The third-order valence-electron chi connectivity index (χ3n) is 6.23. The fraction of sp³-hybridized carbons (Fsp3) is 0.391. The van der Waals surface area contributed by atoms with Gasteiger partial charge in [0, 0.05) is 30.8 Å². The van der Waals surface area contributed by atoms with Gasteiger partial charge in [0.1, 0.15) is 11.4 Å². The minimum Gasteiger partial charge on any atom is -0.417 e. The van der Waals surface area contributed by atoms with E-state index in [4.69, 9.17) is 26.5 Å². The fourth-order valence-corrected chi connectivity index (χ4v) is 6.23. The lowest BCUT2D eigenvalue weighted by Gasteiger charge is -2.26. The molecule has 1 saturated heterocycles. The predicted octanol–water partition coefficient (Wildman–Crippen LogP) is 3.68. The number of rotatable bonds is 4. The van der Waals surface area contributed by atoms with Gasteiger partial charge in [0.2, 0.25) is 5.89 Å². The molecule has 0 radical (unpaired) electrons. The van der Waals surface area contributed by atoms with Crippen molar-refractivity contribution in [2.75, 3.05) is 23.8 Å². The summed E-state index contributed by atoms with van der Waals surface area (Å²) in [4.78, 5) is 1.72. The molecule has 3 heterocycles. The minimum atomic E-state index is -3.81. The summed E-state index contributed by atoms with van der Waals surface area (Å²) in [5.41, 5.74) is 6.68. The highest BCUT2D eigenvalue weighted by Gasteiger charge is 2.38. The van der Waals surface area contributed by atoms with E-state index in [1.807, 2.05) is 24.0 Å². The summed E-state index contributed by atoms with van der Waals surface area (Å²) in [7, 11) is -3.81. The Morgan fingerprint density at radius 1 is 1.26 bits per heavy atom. The monoisotopic (exact) mass is 506 g/mol. The molecule has 2 aromatic carbocycles. The zero-order valence-electron chi connectivity index (χ0n) is 18.5. The van der Waals surface area contributed by atoms with Crippen LogP contribution in [0.4, 0.5) is 10.1 Å². The van der Waals surface area contributed by atoms with Crippen molar-refractivity contribution >= 4 is 27.1 Å². The number of aromatic nitrogens is 2. The number of hydrogen-bond acceptors (Lipinski definition) is 8. The Morgan fingerprint density at radius 3 is 2.74 bits per heavy atom. The topological polar surface area (TPSA) is 112 Å². The molecule has 0 saturated carbocycles. The summed E-state index contributed by atoms with van der Waals surface area (Å²) in [6.45, 7) is 3.06. The summed E-state index contributed by atoms with van der Waals surface area (Å²) < 4.78 is 52.8. The van der Waals surface area contributed by atoms with Crippen LogP contribution in [-0.4, -0.2) is 43.6 Å². The number of ether oxygens (including phenoxy) is 1. The molecule has 8 nitrogen and oxygen atoms in total. The van der Waals surface area contributed by atoms with Crippen molar-refractivity contribution in [2.24, 2.45) is 5.73 Å². The Kier molecular flexibility index (Phi) is 5.87. The minimum absolute atomic E-state index is 0.0193. The van der Waals surface area contributed by atoms with Crippen LogP contribution in [0.3, 0.4) is 0 Å². The number of anilines is 1. The maximum absolute atomic E-state index is 15.2. The molecule has 180 valence electrons. The van der Waals surface area contributed by atoms with E-state index in [0.29, 0.717) is 30.3 Å². The highest BCUT2D eigenvalue weighted by atomic mass is 35.5. The van der Waals surface area contributed by atoms with E-state index >= 15 is 4.39 Å². The molecule has 2 N–H and O–H groups in total. The number of fused-ring (bicyclic) bond motifs is 1. The molecular weight excluding hydrogens is 483 g/mol. The van der Waals surface area contributed by atoms with Gasteiger partial charge in [-0.15, -0.1) is 10.2 Å². The fourth-order valence-electron chi connectivity index (χ4n) is 4.46. The normalized spacial score (nSPS) is 24.1. The Bertz CT molecular complexity index is 1320. The molecule has 1 unspecified atom stereocenters. The van der Waals surface area contributed by atoms with Gasteiger partial charge in [0.05, 0.1) is 21.9 Å². The predicted molar refractivity (Wildman–Crippen MR) is 125 cm³/mol. The molecule has 11 heteroatoms. The van der Waals surface area contributed by atoms with E-state index < -0.39 is 27.3 Å². The standard InChI is InChI=1S/C23H24ClFN4O4S/c1-23(7-2-8-32-23)22-28-27-21(33-22)17-9-19-20(10-18(17)25)34(30,31)13-16(26)12-29(19)11-14-3-5-15(24)6-4-14/h3-6,9-10,16H,2,7-8,11-13,26H2,1H3/t16-,23?/m1/s1. The van der Waals surface area contributed by atoms with Crippen molar-refractivity contribution in [1.82, 2.24) is 10.2 Å². The van der Waals surface area contributed by atoms with Crippen LogP contribution in [0.15, 0.2) is 45.7 Å². The van der Waals surface area contributed by atoms with Gasteiger partial charge in [-0.1, -0.05) is 23.7 Å². The number of nitrogens with two attached hydrogens (primary N) is 1. The first-order valence-corrected chi connectivity index (χ1v) is 13.0. The molecule has 5 rings (SSSR count). The SMILES string of the molecule is CC1(c2nnc(-c3cc4c(cc3F)S(=O)(=O)C[C@H](N)CN4Cc3ccc(Cl)cc3)o2)CCCO1. The molecule has 2 atom stereocenters. The van der Waals surface area contributed by atoms with Gasteiger partial charge in [-0.2, -0.15) is 0 Å². The van der Waals surface area contributed by atoms with E-state index in [-0.39, 0.29) is 34.5 Å². The molecule has 0 spiro atoms.